The van der Waals surface area contributed by atoms with Gasteiger partial charge in [0.05, 0.1) is 6.61 Å². The summed E-state index contributed by atoms with van der Waals surface area (Å²) < 4.78 is 10.2. The monoisotopic (exact) mass is 201 g/mol. The van der Waals surface area contributed by atoms with E-state index in [0.29, 0.717) is 5.92 Å². The second-order valence-electron chi connectivity index (χ2n) is 3.80. The van der Waals surface area contributed by atoms with Crippen molar-refractivity contribution in [3.8, 4) is 0 Å². The van der Waals surface area contributed by atoms with Crippen LogP contribution in [0.2, 0.25) is 0 Å². The molecule has 1 N–H and O–H groups in total. The molecule has 0 aromatic carbocycles. The number of hydrogen-bond acceptors (Lipinski definition) is 3. The van der Waals surface area contributed by atoms with Crippen LogP contribution in [0.1, 0.15) is 20.3 Å². The maximum absolute atomic E-state index is 11.5. The molecular formula is C10H19NO3. The standard InChI is InChI=1S/C10H19NO3/c1-7(9-4-5-14-6-9)11-10(12)8(2)13-3/h7-9H,4-6H2,1-3H3,(H,11,12). The molecule has 0 aromatic heterocycles. The minimum absolute atomic E-state index is 0.0492. The van der Waals surface area contributed by atoms with Crippen molar-refractivity contribution in [2.45, 2.75) is 32.4 Å². The highest BCUT2D eigenvalue weighted by atomic mass is 16.5. The smallest absolute Gasteiger partial charge is 0.249 e. The molecule has 1 aliphatic rings. The van der Waals surface area contributed by atoms with Gasteiger partial charge in [0.25, 0.3) is 0 Å². The Balaban J connectivity index is 2.31. The minimum Gasteiger partial charge on any atom is -0.381 e. The molecule has 0 radical (unpaired) electrons. The first-order valence-corrected chi connectivity index (χ1v) is 5.06. The topological polar surface area (TPSA) is 47.6 Å². The minimum atomic E-state index is -0.375. The van der Waals surface area contributed by atoms with Gasteiger partial charge in [-0.3, -0.25) is 4.79 Å². The Kier molecular flexibility index (Phi) is 4.35. The second-order valence-corrected chi connectivity index (χ2v) is 3.80. The van der Waals surface area contributed by atoms with Crippen molar-refractivity contribution in [3.63, 3.8) is 0 Å². The Morgan fingerprint density at radius 1 is 1.57 bits per heavy atom. The van der Waals surface area contributed by atoms with E-state index in [4.69, 9.17) is 9.47 Å². The van der Waals surface area contributed by atoms with E-state index >= 15 is 0 Å². The molecule has 1 rings (SSSR count). The Morgan fingerprint density at radius 3 is 2.79 bits per heavy atom. The summed E-state index contributed by atoms with van der Waals surface area (Å²) >= 11 is 0. The van der Waals surface area contributed by atoms with Crippen molar-refractivity contribution in [3.05, 3.63) is 0 Å². The highest BCUT2D eigenvalue weighted by Crippen LogP contribution is 2.16. The fourth-order valence-corrected chi connectivity index (χ4v) is 1.51. The number of methoxy groups -OCH3 is 1. The van der Waals surface area contributed by atoms with Gasteiger partial charge < -0.3 is 14.8 Å². The van der Waals surface area contributed by atoms with E-state index in [-0.39, 0.29) is 18.1 Å². The van der Waals surface area contributed by atoms with Crippen molar-refractivity contribution >= 4 is 5.91 Å². The lowest BCUT2D eigenvalue weighted by Gasteiger charge is -2.20. The maximum Gasteiger partial charge on any atom is 0.249 e. The van der Waals surface area contributed by atoms with E-state index in [1.54, 1.807) is 6.92 Å². The van der Waals surface area contributed by atoms with Gasteiger partial charge in [0, 0.05) is 25.7 Å². The molecular weight excluding hydrogens is 182 g/mol. The lowest BCUT2D eigenvalue weighted by Crippen LogP contribution is -2.43. The van der Waals surface area contributed by atoms with Crippen LogP contribution in [0.4, 0.5) is 0 Å². The molecule has 0 spiro atoms. The van der Waals surface area contributed by atoms with Crippen LogP contribution in [0.3, 0.4) is 0 Å². The number of hydrogen-bond donors (Lipinski definition) is 1. The highest BCUT2D eigenvalue weighted by Gasteiger charge is 2.24. The van der Waals surface area contributed by atoms with E-state index < -0.39 is 0 Å². The number of amides is 1. The number of carbonyl (C=O) groups excluding carboxylic acids is 1. The van der Waals surface area contributed by atoms with Crippen LogP contribution in [-0.4, -0.2) is 38.4 Å². The van der Waals surface area contributed by atoms with Gasteiger partial charge in [-0.25, -0.2) is 0 Å². The van der Waals surface area contributed by atoms with Crippen molar-refractivity contribution in [2.75, 3.05) is 20.3 Å². The zero-order valence-electron chi connectivity index (χ0n) is 9.08. The van der Waals surface area contributed by atoms with Crippen LogP contribution in [0.5, 0.6) is 0 Å². The summed E-state index contributed by atoms with van der Waals surface area (Å²) in [4.78, 5) is 11.5. The number of rotatable bonds is 4. The molecule has 1 fully saturated rings. The Bertz CT molecular complexity index is 190. The molecule has 0 saturated carbocycles. The van der Waals surface area contributed by atoms with E-state index in [1.807, 2.05) is 6.92 Å². The Labute approximate surface area is 85.0 Å². The third-order valence-corrected chi connectivity index (χ3v) is 2.76. The molecule has 3 atom stereocenters. The summed E-state index contributed by atoms with van der Waals surface area (Å²) in [6, 6.07) is 0.169. The van der Waals surface area contributed by atoms with E-state index in [2.05, 4.69) is 5.32 Å². The number of carbonyl (C=O) groups is 1. The molecule has 0 aromatic rings. The molecule has 4 heteroatoms. The average Bonchev–Trinajstić information content (AvgIpc) is 2.69. The van der Waals surface area contributed by atoms with Gasteiger partial charge >= 0.3 is 0 Å². The predicted molar refractivity (Wildman–Crippen MR) is 53.0 cm³/mol. The van der Waals surface area contributed by atoms with E-state index in [9.17, 15) is 4.79 Å². The summed E-state index contributed by atoms with van der Waals surface area (Å²) in [7, 11) is 1.54. The number of ether oxygens (including phenoxy) is 2. The predicted octanol–water partition coefficient (Wildman–Crippen LogP) is 0.562. The van der Waals surface area contributed by atoms with Crippen molar-refractivity contribution in [2.24, 2.45) is 5.92 Å². The van der Waals surface area contributed by atoms with E-state index in [1.165, 1.54) is 7.11 Å². The van der Waals surface area contributed by atoms with Crippen LogP contribution < -0.4 is 5.32 Å². The third kappa shape index (κ3) is 2.96. The van der Waals surface area contributed by atoms with Crippen LogP contribution >= 0.6 is 0 Å². The lowest BCUT2D eigenvalue weighted by atomic mass is 10.0. The zero-order valence-corrected chi connectivity index (χ0v) is 9.08. The Hall–Kier alpha value is -0.610. The average molecular weight is 201 g/mol. The summed E-state index contributed by atoms with van der Waals surface area (Å²) in [6.07, 6.45) is 0.655. The molecule has 3 unspecified atom stereocenters. The molecule has 4 nitrogen and oxygen atoms in total. The number of nitrogens with one attached hydrogen (secondary N) is 1. The van der Waals surface area contributed by atoms with Gasteiger partial charge in [0.2, 0.25) is 5.91 Å². The highest BCUT2D eigenvalue weighted by molar-refractivity contribution is 5.80. The van der Waals surface area contributed by atoms with Crippen LogP contribution in [0.25, 0.3) is 0 Å². The normalized spacial score (nSPS) is 25.8. The fraction of sp³-hybridized carbons (Fsp3) is 0.900. The molecule has 82 valence electrons. The molecule has 1 amide bonds. The SMILES string of the molecule is COC(C)C(=O)NC(C)C1CCOC1. The first-order valence-electron chi connectivity index (χ1n) is 5.06. The van der Waals surface area contributed by atoms with Crippen molar-refractivity contribution in [1.29, 1.82) is 0 Å². The lowest BCUT2D eigenvalue weighted by molar-refractivity contribution is -0.131. The molecule has 0 bridgehead atoms. The van der Waals surface area contributed by atoms with Crippen LogP contribution in [0, 0.1) is 5.92 Å². The first kappa shape index (κ1) is 11.5. The summed E-state index contributed by atoms with van der Waals surface area (Å²) in [5.74, 6) is 0.398. The summed E-state index contributed by atoms with van der Waals surface area (Å²) in [5.41, 5.74) is 0. The van der Waals surface area contributed by atoms with Gasteiger partial charge in [-0.2, -0.15) is 0 Å². The zero-order chi connectivity index (χ0) is 10.6. The molecule has 1 heterocycles. The first-order chi connectivity index (χ1) is 6.65. The molecule has 0 aliphatic carbocycles. The Morgan fingerprint density at radius 2 is 2.29 bits per heavy atom. The van der Waals surface area contributed by atoms with E-state index in [0.717, 1.165) is 19.6 Å². The van der Waals surface area contributed by atoms with Gasteiger partial charge in [-0.15, -0.1) is 0 Å². The molecule has 14 heavy (non-hydrogen) atoms. The molecule has 1 saturated heterocycles. The van der Waals surface area contributed by atoms with Gasteiger partial charge in [-0.05, 0) is 20.3 Å². The second kappa shape index (κ2) is 5.32. The van der Waals surface area contributed by atoms with Crippen molar-refractivity contribution < 1.29 is 14.3 Å². The van der Waals surface area contributed by atoms with Crippen molar-refractivity contribution in [1.82, 2.24) is 5.32 Å². The van der Waals surface area contributed by atoms with Gasteiger partial charge in [-0.1, -0.05) is 0 Å². The quantitative estimate of drug-likeness (QED) is 0.723. The third-order valence-electron chi connectivity index (χ3n) is 2.76. The largest absolute Gasteiger partial charge is 0.381 e. The van der Waals surface area contributed by atoms with Gasteiger partial charge in [0.1, 0.15) is 6.10 Å². The summed E-state index contributed by atoms with van der Waals surface area (Å²) in [6.45, 7) is 5.32. The summed E-state index contributed by atoms with van der Waals surface area (Å²) in [5, 5.41) is 2.93. The molecule has 1 aliphatic heterocycles. The van der Waals surface area contributed by atoms with Gasteiger partial charge in [0.15, 0.2) is 0 Å². The van der Waals surface area contributed by atoms with Crippen LogP contribution in [-0.2, 0) is 14.3 Å². The van der Waals surface area contributed by atoms with Crippen LogP contribution in [0.15, 0.2) is 0 Å². The fourth-order valence-electron chi connectivity index (χ4n) is 1.51. The maximum atomic E-state index is 11.5.